The van der Waals surface area contributed by atoms with Crippen LogP contribution < -0.4 is 0 Å². The topological polar surface area (TPSA) is 40.6 Å². The van der Waals surface area contributed by atoms with Gasteiger partial charge in [0.25, 0.3) is 0 Å². The number of nitrogens with zero attached hydrogens (tertiary/aromatic N) is 2. The number of benzene rings is 1. The van der Waals surface area contributed by atoms with Crippen LogP contribution in [0.5, 0.6) is 0 Å². The third-order valence-electron chi connectivity index (χ3n) is 8.19. The van der Waals surface area contributed by atoms with E-state index in [9.17, 15) is 9.59 Å². The lowest BCUT2D eigenvalue weighted by Gasteiger charge is -2.56. The van der Waals surface area contributed by atoms with Crippen molar-refractivity contribution in [1.82, 2.24) is 9.80 Å². The van der Waals surface area contributed by atoms with Gasteiger partial charge in [-0.25, -0.2) is 0 Å². The van der Waals surface area contributed by atoms with Crippen LogP contribution >= 0.6 is 11.3 Å². The first-order valence-electron chi connectivity index (χ1n) is 13.0. The summed E-state index contributed by atoms with van der Waals surface area (Å²) < 4.78 is 0. The highest BCUT2D eigenvalue weighted by molar-refractivity contribution is 7.09. The van der Waals surface area contributed by atoms with E-state index >= 15 is 0 Å². The fourth-order valence-corrected chi connectivity index (χ4v) is 7.98. The lowest BCUT2D eigenvalue weighted by Crippen LogP contribution is -2.56. The fraction of sp³-hybridized carbons (Fsp3) is 0.586. The minimum atomic E-state index is -0.206. The van der Waals surface area contributed by atoms with Crippen LogP contribution in [0.25, 0.3) is 0 Å². The number of hydrogen-bond acceptors (Lipinski definition) is 3. The molecule has 1 aromatic heterocycles. The third-order valence-corrected chi connectivity index (χ3v) is 9.05. The summed E-state index contributed by atoms with van der Waals surface area (Å²) >= 11 is 1.68. The normalized spacial score (nSPS) is 27.2. The molecule has 0 atom stereocenters. The summed E-state index contributed by atoms with van der Waals surface area (Å²) in [6, 6.07) is 14.3. The highest BCUT2D eigenvalue weighted by Crippen LogP contribution is 2.60. The molecule has 4 saturated carbocycles. The van der Waals surface area contributed by atoms with Crippen LogP contribution in [0, 0.1) is 29.1 Å². The minimum absolute atomic E-state index is 0.0518. The Balaban J connectivity index is 1.35. The summed E-state index contributed by atoms with van der Waals surface area (Å²) in [6.07, 6.45) is 7.10. The van der Waals surface area contributed by atoms with Crippen molar-refractivity contribution in [3.8, 4) is 0 Å². The molecule has 2 amide bonds. The van der Waals surface area contributed by atoms with E-state index in [4.69, 9.17) is 0 Å². The second kappa shape index (κ2) is 9.85. The van der Waals surface area contributed by atoms with E-state index in [0.717, 1.165) is 42.6 Å². The largest absolute Gasteiger partial charge is 0.333 e. The first kappa shape index (κ1) is 23.6. The molecule has 0 aliphatic heterocycles. The van der Waals surface area contributed by atoms with Gasteiger partial charge >= 0.3 is 0 Å². The van der Waals surface area contributed by atoms with E-state index in [0.29, 0.717) is 25.6 Å². The maximum Gasteiger partial charge on any atom is 0.242 e. The molecule has 4 nitrogen and oxygen atoms in total. The molecule has 0 radical (unpaired) electrons. The van der Waals surface area contributed by atoms with Crippen LogP contribution in [0.2, 0.25) is 0 Å². The molecular weight excluding hydrogens is 440 g/mol. The van der Waals surface area contributed by atoms with Gasteiger partial charge in [0.15, 0.2) is 0 Å². The van der Waals surface area contributed by atoms with E-state index in [1.54, 1.807) is 11.3 Å². The second-order valence-electron chi connectivity index (χ2n) is 11.6. The molecule has 6 rings (SSSR count). The number of amides is 2. The Morgan fingerprint density at radius 3 is 2.12 bits per heavy atom. The Kier molecular flexibility index (Phi) is 6.83. The van der Waals surface area contributed by atoms with Gasteiger partial charge in [-0.1, -0.05) is 50.2 Å². The standard InChI is InChI=1S/C29H38N2O2S/c1-21(2)17-31(28(33)29-14-23-11-24(15-29)13-25(12-23)16-29)20-27(32)30(19-26-9-6-10-34-26)18-22-7-4-3-5-8-22/h3-10,21,23-25H,11-20H2,1-2H3. The molecule has 4 bridgehead atoms. The SMILES string of the molecule is CC(C)CN(CC(=O)N(Cc1ccccc1)Cc1cccs1)C(=O)C12CC3CC(CC(C3)C1)C2. The highest BCUT2D eigenvalue weighted by atomic mass is 32.1. The van der Waals surface area contributed by atoms with Crippen molar-refractivity contribution in [2.75, 3.05) is 13.1 Å². The zero-order valence-corrected chi connectivity index (χ0v) is 21.4. The first-order valence-corrected chi connectivity index (χ1v) is 13.9. The molecule has 4 aliphatic rings. The van der Waals surface area contributed by atoms with E-state index < -0.39 is 0 Å². The average Bonchev–Trinajstić information content (AvgIpc) is 3.30. The van der Waals surface area contributed by atoms with Crippen LogP contribution in [-0.2, 0) is 22.7 Å². The Morgan fingerprint density at radius 2 is 1.56 bits per heavy atom. The summed E-state index contributed by atoms with van der Waals surface area (Å²) in [6.45, 7) is 6.31. The molecular formula is C29H38N2O2S. The second-order valence-corrected chi connectivity index (χ2v) is 12.6. The van der Waals surface area contributed by atoms with Gasteiger partial charge in [-0.2, -0.15) is 0 Å². The first-order chi connectivity index (χ1) is 16.4. The van der Waals surface area contributed by atoms with Gasteiger partial charge in [-0.15, -0.1) is 11.3 Å². The Hall–Kier alpha value is -2.14. The van der Waals surface area contributed by atoms with E-state index in [-0.39, 0.29) is 23.8 Å². The molecule has 182 valence electrons. The summed E-state index contributed by atoms with van der Waals surface area (Å²) in [4.78, 5) is 32.9. The van der Waals surface area contributed by atoms with Crippen LogP contribution in [0.4, 0.5) is 0 Å². The minimum Gasteiger partial charge on any atom is -0.333 e. The Morgan fingerprint density at radius 1 is 0.912 bits per heavy atom. The van der Waals surface area contributed by atoms with Crippen molar-refractivity contribution >= 4 is 23.2 Å². The quantitative estimate of drug-likeness (QED) is 0.445. The van der Waals surface area contributed by atoms with Crippen molar-refractivity contribution in [2.45, 2.75) is 65.5 Å². The van der Waals surface area contributed by atoms with Gasteiger partial charge < -0.3 is 9.80 Å². The van der Waals surface area contributed by atoms with Crippen LogP contribution in [0.1, 0.15) is 62.8 Å². The Labute approximate surface area is 208 Å². The molecule has 0 spiro atoms. The molecule has 1 heterocycles. The molecule has 5 heteroatoms. The lowest BCUT2D eigenvalue weighted by atomic mass is 9.49. The van der Waals surface area contributed by atoms with Crippen LogP contribution in [-0.4, -0.2) is 34.7 Å². The molecule has 0 saturated heterocycles. The number of rotatable bonds is 9. The smallest absolute Gasteiger partial charge is 0.242 e. The van der Waals surface area contributed by atoms with Crippen molar-refractivity contribution < 1.29 is 9.59 Å². The predicted molar refractivity (Wildman–Crippen MR) is 137 cm³/mol. The van der Waals surface area contributed by atoms with Crippen molar-refractivity contribution in [3.63, 3.8) is 0 Å². The van der Waals surface area contributed by atoms with Crippen molar-refractivity contribution in [2.24, 2.45) is 29.1 Å². The molecule has 34 heavy (non-hydrogen) atoms. The van der Waals surface area contributed by atoms with Crippen LogP contribution in [0.3, 0.4) is 0 Å². The zero-order valence-electron chi connectivity index (χ0n) is 20.6. The van der Waals surface area contributed by atoms with Crippen molar-refractivity contribution in [3.05, 3.63) is 58.3 Å². The molecule has 2 aromatic rings. The zero-order chi connectivity index (χ0) is 23.7. The van der Waals surface area contributed by atoms with Gasteiger partial charge in [-0.3, -0.25) is 9.59 Å². The maximum absolute atomic E-state index is 14.1. The highest BCUT2D eigenvalue weighted by Gasteiger charge is 2.55. The van der Waals surface area contributed by atoms with Gasteiger partial charge in [-0.05, 0) is 79.2 Å². The summed E-state index contributed by atoms with van der Waals surface area (Å²) in [5.74, 6) is 2.83. The summed E-state index contributed by atoms with van der Waals surface area (Å²) in [5.41, 5.74) is 0.914. The van der Waals surface area contributed by atoms with Gasteiger partial charge in [0.2, 0.25) is 11.8 Å². The monoisotopic (exact) mass is 478 g/mol. The molecule has 4 fully saturated rings. The summed E-state index contributed by atoms with van der Waals surface area (Å²) in [5, 5.41) is 2.06. The molecule has 0 N–H and O–H groups in total. The van der Waals surface area contributed by atoms with Gasteiger partial charge in [0.1, 0.15) is 0 Å². The average molecular weight is 479 g/mol. The predicted octanol–water partition coefficient (Wildman–Crippen LogP) is 5.98. The molecule has 4 aliphatic carbocycles. The number of hydrogen-bond donors (Lipinski definition) is 0. The van der Waals surface area contributed by atoms with E-state index in [2.05, 4.69) is 37.4 Å². The maximum atomic E-state index is 14.1. The van der Waals surface area contributed by atoms with Crippen molar-refractivity contribution in [1.29, 1.82) is 0 Å². The molecule has 0 unspecified atom stereocenters. The summed E-state index contributed by atoms with van der Waals surface area (Å²) in [7, 11) is 0. The number of carbonyl (C=O) groups is 2. The number of thiophene rings is 1. The van der Waals surface area contributed by atoms with E-state index in [1.807, 2.05) is 34.1 Å². The third kappa shape index (κ3) is 5.10. The van der Waals surface area contributed by atoms with Gasteiger partial charge in [0.05, 0.1) is 18.5 Å². The van der Waals surface area contributed by atoms with Crippen LogP contribution in [0.15, 0.2) is 47.8 Å². The van der Waals surface area contributed by atoms with Gasteiger partial charge in [0, 0.05) is 18.0 Å². The van der Waals surface area contributed by atoms with E-state index in [1.165, 1.54) is 24.1 Å². The number of carbonyl (C=O) groups excluding carboxylic acids is 2. The fourth-order valence-electron chi connectivity index (χ4n) is 7.26. The molecule has 1 aromatic carbocycles. The Bertz CT molecular complexity index is 950. The lowest BCUT2D eigenvalue weighted by molar-refractivity contribution is -0.161.